The first-order valence-electron chi connectivity index (χ1n) is 5.96. The standard InChI is InChI=1S/C13H20N2O/c1-3-4-5-6-10-14-13(16)12-9-7-8-11(2)15-12/h7-9H,3-6,10H2,1-2H3,(H,14,16). The Kier molecular flexibility index (Phi) is 5.54. The number of carbonyl (C=O) groups is 1. The predicted octanol–water partition coefficient (Wildman–Crippen LogP) is 2.70. The fourth-order valence-corrected chi connectivity index (χ4v) is 1.51. The summed E-state index contributed by atoms with van der Waals surface area (Å²) < 4.78 is 0. The Morgan fingerprint density at radius 1 is 1.31 bits per heavy atom. The van der Waals surface area contributed by atoms with Crippen molar-refractivity contribution in [2.45, 2.75) is 39.5 Å². The summed E-state index contributed by atoms with van der Waals surface area (Å²) in [6, 6.07) is 5.49. The first-order chi connectivity index (χ1) is 7.74. The topological polar surface area (TPSA) is 42.0 Å². The molecule has 0 aliphatic rings. The summed E-state index contributed by atoms with van der Waals surface area (Å²) in [4.78, 5) is 15.8. The van der Waals surface area contributed by atoms with Gasteiger partial charge in [-0.3, -0.25) is 4.79 Å². The highest BCUT2D eigenvalue weighted by atomic mass is 16.1. The lowest BCUT2D eigenvalue weighted by atomic mass is 10.2. The van der Waals surface area contributed by atoms with Crippen molar-refractivity contribution in [3.63, 3.8) is 0 Å². The molecule has 3 heteroatoms. The molecule has 0 atom stereocenters. The van der Waals surface area contributed by atoms with Crippen molar-refractivity contribution in [2.24, 2.45) is 0 Å². The van der Waals surface area contributed by atoms with Crippen LogP contribution in [0.4, 0.5) is 0 Å². The van der Waals surface area contributed by atoms with Gasteiger partial charge in [-0.2, -0.15) is 0 Å². The van der Waals surface area contributed by atoms with Gasteiger partial charge in [0.2, 0.25) is 0 Å². The second-order valence-electron chi connectivity index (χ2n) is 3.98. The van der Waals surface area contributed by atoms with Crippen LogP contribution in [0.15, 0.2) is 18.2 Å². The first-order valence-corrected chi connectivity index (χ1v) is 5.96. The van der Waals surface area contributed by atoms with Gasteiger partial charge in [0.15, 0.2) is 0 Å². The van der Waals surface area contributed by atoms with Gasteiger partial charge in [0.05, 0.1) is 0 Å². The zero-order valence-electron chi connectivity index (χ0n) is 10.1. The van der Waals surface area contributed by atoms with Gasteiger partial charge in [-0.15, -0.1) is 0 Å². The largest absolute Gasteiger partial charge is 0.351 e. The normalized spacial score (nSPS) is 10.1. The molecule has 1 heterocycles. The highest BCUT2D eigenvalue weighted by Gasteiger charge is 2.05. The third-order valence-corrected chi connectivity index (χ3v) is 2.44. The smallest absolute Gasteiger partial charge is 0.269 e. The number of nitrogens with zero attached hydrogens (tertiary/aromatic N) is 1. The molecule has 0 aliphatic heterocycles. The summed E-state index contributed by atoms with van der Waals surface area (Å²) in [5.74, 6) is -0.0693. The van der Waals surface area contributed by atoms with Crippen LogP contribution in [-0.2, 0) is 0 Å². The molecule has 0 aliphatic carbocycles. The van der Waals surface area contributed by atoms with Crippen LogP contribution in [0.1, 0.15) is 48.8 Å². The molecule has 0 spiro atoms. The average molecular weight is 220 g/mol. The van der Waals surface area contributed by atoms with Crippen molar-refractivity contribution in [2.75, 3.05) is 6.54 Å². The fraction of sp³-hybridized carbons (Fsp3) is 0.538. The Morgan fingerprint density at radius 3 is 2.81 bits per heavy atom. The molecule has 1 aromatic heterocycles. The first kappa shape index (κ1) is 12.7. The number of aromatic nitrogens is 1. The van der Waals surface area contributed by atoms with Gasteiger partial charge in [-0.05, 0) is 25.5 Å². The molecule has 0 unspecified atom stereocenters. The van der Waals surface area contributed by atoms with Crippen molar-refractivity contribution >= 4 is 5.91 Å². The van der Waals surface area contributed by atoms with Crippen LogP contribution in [-0.4, -0.2) is 17.4 Å². The molecule has 0 aromatic carbocycles. The molecule has 0 saturated heterocycles. The van der Waals surface area contributed by atoms with Crippen LogP contribution < -0.4 is 5.32 Å². The van der Waals surface area contributed by atoms with E-state index in [0.717, 1.165) is 18.7 Å². The Hall–Kier alpha value is -1.38. The van der Waals surface area contributed by atoms with Gasteiger partial charge >= 0.3 is 0 Å². The minimum atomic E-state index is -0.0693. The summed E-state index contributed by atoms with van der Waals surface area (Å²) in [6.45, 7) is 4.81. The average Bonchev–Trinajstić information content (AvgIpc) is 2.28. The Balaban J connectivity index is 2.30. The lowest BCUT2D eigenvalue weighted by Crippen LogP contribution is -2.25. The number of hydrogen-bond donors (Lipinski definition) is 1. The molecule has 16 heavy (non-hydrogen) atoms. The van der Waals surface area contributed by atoms with E-state index in [1.54, 1.807) is 6.07 Å². The van der Waals surface area contributed by atoms with Gasteiger partial charge in [0.1, 0.15) is 5.69 Å². The molecule has 3 nitrogen and oxygen atoms in total. The second-order valence-corrected chi connectivity index (χ2v) is 3.98. The number of amides is 1. The van der Waals surface area contributed by atoms with Gasteiger partial charge in [0, 0.05) is 12.2 Å². The highest BCUT2D eigenvalue weighted by Crippen LogP contribution is 1.99. The molecule has 1 N–H and O–H groups in total. The number of nitrogens with one attached hydrogen (secondary N) is 1. The van der Waals surface area contributed by atoms with Crippen LogP contribution in [0.2, 0.25) is 0 Å². The summed E-state index contributed by atoms with van der Waals surface area (Å²) in [6.07, 6.45) is 4.68. The van der Waals surface area contributed by atoms with Crippen LogP contribution in [0.5, 0.6) is 0 Å². The van der Waals surface area contributed by atoms with Gasteiger partial charge in [0.25, 0.3) is 5.91 Å². The molecule has 1 aromatic rings. The third kappa shape index (κ3) is 4.43. The van der Waals surface area contributed by atoms with E-state index in [1.165, 1.54) is 19.3 Å². The predicted molar refractivity (Wildman–Crippen MR) is 65.4 cm³/mol. The van der Waals surface area contributed by atoms with E-state index in [1.807, 2.05) is 19.1 Å². The summed E-state index contributed by atoms with van der Waals surface area (Å²) in [5, 5.41) is 2.88. The minimum Gasteiger partial charge on any atom is -0.351 e. The molecule has 0 saturated carbocycles. The van der Waals surface area contributed by atoms with Crippen LogP contribution in [0.25, 0.3) is 0 Å². The van der Waals surface area contributed by atoms with Crippen molar-refractivity contribution in [3.8, 4) is 0 Å². The summed E-state index contributed by atoms with van der Waals surface area (Å²) in [7, 11) is 0. The Morgan fingerprint density at radius 2 is 2.12 bits per heavy atom. The van der Waals surface area contributed by atoms with E-state index in [2.05, 4.69) is 17.2 Å². The lowest BCUT2D eigenvalue weighted by Gasteiger charge is -2.04. The van der Waals surface area contributed by atoms with Crippen molar-refractivity contribution < 1.29 is 4.79 Å². The molecule has 0 bridgehead atoms. The highest BCUT2D eigenvalue weighted by molar-refractivity contribution is 5.92. The monoisotopic (exact) mass is 220 g/mol. The van der Waals surface area contributed by atoms with Gasteiger partial charge in [-0.25, -0.2) is 4.98 Å². The Bertz CT molecular complexity index is 336. The van der Waals surface area contributed by atoms with E-state index >= 15 is 0 Å². The molecular formula is C13H20N2O. The van der Waals surface area contributed by atoms with Crippen molar-refractivity contribution in [3.05, 3.63) is 29.6 Å². The van der Waals surface area contributed by atoms with E-state index in [4.69, 9.17) is 0 Å². The SMILES string of the molecule is CCCCCCNC(=O)c1cccc(C)n1. The number of aryl methyl sites for hydroxylation is 1. The minimum absolute atomic E-state index is 0.0693. The zero-order chi connectivity index (χ0) is 11.8. The molecule has 0 radical (unpaired) electrons. The Labute approximate surface area is 97.3 Å². The van der Waals surface area contributed by atoms with Crippen LogP contribution in [0.3, 0.4) is 0 Å². The van der Waals surface area contributed by atoms with Crippen molar-refractivity contribution in [1.82, 2.24) is 10.3 Å². The van der Waals surface area contributed by atoms with E-state index in [9.17, 15) is 4.79 Å². The number of unbranched alkanes of at least 4 members (excludes halogenated alkanes) is 3. The maximum absolute atomic E-state index is 11.7. The molecule has 0 fully saturated rings. The molecule has 1 amide bonds. The molecule has 88 valence electrons. The molecule has 1 rings (SSSR count). The maximum Gasteiger partial charge on any atom is 0.269 e. The van der Waals surface area contributed by atoms with Crippen LogP contribution >= 0.6 is 0 Å². The van der Waals surface area contributed by atoms with E-state index in [0.29, 0.717) is 5.69 Å². The summed E-state index contributed by atoms with van der Waals surface area (Å²) >= 11 is 0. The number of pyridine rings is 1. The number of carbonyl (C=O) groups excluding carboxylic acids is 1. The van der Waals surface area contributed by atoms with Crippen molar-refractivity contribution in [1.29, 1.82) is 0 Å². The van der Waals surface area contributed by atoms with Crippen LogP contribution in [0, 0.1) is 6.92 Å². The maximum atomic E-state index is 11.7. The second kappa shape index (κ2) is 6.99. The van der Waals surface area contributed by atoms with Gasteiger partial charge < -0.3 is 5.32 Å². The van der Waals surface area contributed by atoms with E-state index < -0.39 is 0 Å². The third-order valence-electron chi connectivity index (χ3n) is 2.44. The zero-order valence-corrected chi connectivity index (χ0v) is 10.1. The quantitative estimate of drug-likeness (QED) is 0.749. The number of rotatable bonds is 6. The lowest BCUT2D eigenvalue weighted by molar-refractivity contribution is 0.0948. The van der Waals surface area contributed by atoms with Gasteiger partial charge in [-0.1, -0.05) is 32.3 Å². The fourth-order valence-electron chi connectivity index (χ4n) is 1.51. The molecular weight excluding hydrogens is 200 g/mol. The van der Waals surface area contributed by atoms with E-state index in [-0.39, 0.29) is 5.91 Å². The summed E-state index contributed by atoms with van der Waals surface area (Å²) in [5.41, 5.74) is 1.38. The number of hydrogen-bond acceptors (Lipinski definition) is 2.